The molecule has 0 aromatic heterocycles. The fourth-order valence-electron chi connectivity index (χ4n) is 2.17. The van der Waals surface area contributed by atoms with Crippen LogP contribution in [-0.2, 0) is 17.8 Å². The van der Waals surface area contributed by atoms with Crippen molar-refractivity contribution in [3.05, 3.63) is 77.4 Å². The van der Waals surface area contributed by atoms with Gasteiger partial charge in [-0.1, -0.05) is 73.7 Å². The van der Waals surface area contributed by atoms with Gasteiger partial charge in [0.25, 0.3) is 0 Å². The molecule has 0 radical (unpaired) electrons. The molecule has 120 valence electrons. The van der Waals surface area contributed by atoms with Gasteiger partial charge in [-0.15, -0.1) is 0 Å². The zero-order chi connectivity index (χ0) is 16.3. The van der Waals surface area contributed by atoms with Crippen molar-refractivity contribution in [2.45, 2.75) is 26.4 Å². The Morgan fingerprint density at radius 2 is 1.87 bits per heavy atom. The zero-order valence-electron chi connectivity index (χ0n) is 13.5. The minimum Gasteiger partial charge on any atom is -0.445 e. The van der Waals surface area contributed by atoms with Crippen molar-refractivity contribution in [3.63, 3.8) is 0 Å². The highest BCUT2D eigenvalue weighted by Crippen LogP contribution is 2.08. The minimum atomic E-state index is -0.379. The Morgan fingerprint density at radius 3 is 2.65 bits per heavy atom. The number of benzene rings is 2. The normalized spacial score (nSPS) is 10.7. The molecule has 0 saturated heterocycles. The summed E-state index contributed by atoms with van der Waals surface area (Å²) in [5.74, 6) is 0. The van der Waals surface area contributed by atoms with Crippen LogP contribution in [0.15, 0.2) is 60.7 Å². The third-order valence-electron chi connectivity index (χ3n) is 3.46. The molecule has 3 heteroatoms. The highest BCUT2D eigenvalue weighted by Gasteiger charge is 2.00. The molecule has 2 aromatic carbocycles. The molecule has 0 fully saturated rings. The van der Waals surface area contributed by atoms with Crippen LogP contribution < -0.4 is 5.32 Å². The Labute approximate surface area is 138 Å². The average Bonchev–Trinajstić information content (AvgIpc) is 2.61. The Kier molecular flexibility index (Phi) is 6.92. The molecule has 0 atom stereocenters. The molecule has 0 heterocycles. The van der Waals surface area contributed by atoms with E-state index in [1.54, 1.807) is 0 Å². The van der Waals surface area contributed by atoms with E-state index in [9.17, 15) is 4.79 Å². The summed E-state index contributed by atoms with van der Waals surface area (Å²) in [7, 11) is 0. The third-order valence-corrected chi connectivity index (χ3v) is 3.46. The van der Waals surface area contributed by atoms with Crippen LogP contribution in [0.4, 0.5) is 4.79 Å². The largest absolute Gasteiger partial charge is 0.445 e. The van der Waals surface area contributed by atoms with Crippen LogP contribution in [0.2, 0.25) is 0 Å². The molecule has 0 bridgehead atoms. The second-order valence-corrected chi connectivity index (χ2v) is 5.28. The first-order valence-electron chi connectivity index (χ1n) is 7.98. The number of ether oxygens (including phenoxy) is 1. The van der Waals surface area contributed by atoms with Gasteiger partial charge < -0.3 is 10.1 Å². The van der Waals surface area contributed by atoms with Crippen LogP contribution in [0.1, 0.15) is 30.0 Å². The fourth-order valence-corrected chi connectivity index (χ4v) is 2.17. The standard InChI is InChI=1S/C20H23NO2/c1-2-17-12-8-13-18(15-17)9-6-7-14-21-20(22)23-16-19-10-4-3-5-11-19/h3-6,8-13,15H,2,7,14,16H2,1H3,(H,21,22). The molecule has 1 N–H and O–H groups in total. The second-order valence-electron chi connectivity index (χ2n) is 5.28. The topological polar surface area (TPSA) is 38.3 Å². The van der Waals surface area contributed by atoms with Crippen LogP contribution in [-0.4, -0.2) is 12.6 Å². The van der Waals surface area contributed by atoms with Crippen molar-refractivity contribution in [2.75, 3.05) is 6.54 Å². The van der Waals surface area contributed by atoms with E-state index in [2.05, 4.69) is 48.7 Å². The number of amides is 1. The summed E-state index contributed by atoms with van der Waals surface area (Å²) in [4.78, 5) is 11.6. The zero-order valence-corrected chi connectivity index (χ0v) is 13.5. The summed E-state index contributed by atoms with van der Waals surface area (Å²) < 4.78 is 5.15. The number of hydrogen-bond donors (Lipinski definition) is 1. The van der Waals surface area contributed by atoms with Crippen LogP contribution >= 0.6 is 0 Å². The Balaban J connectivity index is 1.64. The average molecular weight is 309 g/mol. The first-order chi connectivity index (χ1) is 11.3. The summed E-state index contributed by atoms with van der Waals surface area (Å²) in [5, 5.41) is 2.75. The van der Waals surface area contributed by atoms with Crippen molar-refractivity contribution in [1.29, 1.82) is 0 Å². The first-order valence-corrected chi connectivity index (χ1v) is 7.98. The minimum absolute atomic E-state index is 0.298. The van der Waals surface area contributed by atoms with E-state index >= 15 is 0 Å². The molecule has 0 aliphatic heterocycles. The first kappa shape index (κ1) is 16.8. The van der Waals surface area contributed by atoms with E-state index in [0.29, 0.717) is 13.2 Å². The van der Waals surface area contributed by atoms with E-state index in [1.807, 2.05) is 30.3 Å². The molecule has 3 nitrogen and oxygen atoms in total. The van der Waals surface area contributed by atoms with Crippen molar-refractivity contribution < 1.29 is 9.53 Å². The summed E-state index contributed by atoms with van der Waals surface area (Å²) in [5.41, 5.74) is 3.50. The lowest BCUT2D eigenvalue weighted by molar-refractivity contribution is 0.140. The van der Waals surface area contributed by atoms with Gasteiger partial charge in [-0.2, -0.15) is 0 Å². The molecule has 0 aliphatic rings. The molecule has 0 aliphatic carbocycles. The SMILES string of the molecule is CCc1cccc(C=CCCNC(=O)OCc2ccccc2)c1. The van der Waals surface area contributed by atoms with E-state index in [0.717, 1.165) is 18.4 Å². The molecular formula is C20H23NO2. The number of rotatable bonds is 7. The lowest BCUT2D eigenvalue weighted by Gasteiger charge is -2.05. The van der Waals surface area contributed by atoms with Crippen molar-refractivity contribution >= 4 is 12.2 Å². The molecule has 0 unspecified atom stereocenters. The van der Waals surface area contributed by atoms with E-state index in [1.165, 1.54) is 11.1 Å². The Morgan fingerprint density at radius 1 is 1.09 bits per heavy atom. The van der Waals surface area contributed by atoms with Gasteiger partial charge in [0, 0.05) is 6.54 Å². The van der Waals surface area contributed by atoms with Gasteiger partial charge in [-0.05, 0) is 29.5 Å². The predicted octanol–water partition coefficient (Wildman–Crippen LogP) is 4.58. The molecule has 2 aromatic rings. The maximum Gasteiger partial charge on any atom is 0.407 e. The van der Waals surface area contributed by atoms with Crippen LogP contribution in [0.5, 0.6) is 0 Å². The number of hydrogen-bond acceptors (Lipinski definition) is 2. The summed E-state index contributed by atoms with van der Waals surface area (Å²) >= 11 is 0. The number of carbonyl (C=O) groups excluding carboxylic acids is 1. The molecule has 0 spiro atoms. The highest BCUT2D eigenvalue weighted by molar-refractivity contribution is 5.67. The Bertz CT molecular complexity index is 635. The Hall–Kier alpha value is -2.55. The third kappa shape index (κ3) is 6.39. The number of nitrogens with one attached hydrogen (secondary N) is 1. The fraction of sp³-hybridized carbons (Fsp3) is 0.250. The van der Waals surface area contributed by atoms with Gasteiger partial charge in [0.05, 0.1) is 0 Å². The van der Waals surface area contributed by atoms with E-state index in [4.69, 9.17) is 4.74 Å². The maximum absolute atomic E-state index is 11.6. The van der Waals surface area contributed by atoms with Gasteiger partial charge in [-0.25, -0.2) is 4.79 Å². The summed E-state index contributed by atoms with van der Waals surface area (Å²) in [6.07, 6.45) is 5.57. The molecule has 0 saturated carbocycles. The lowest BCUT2D eigenvalue weighted by Crippen LogP contribution is -2.24. The molecule has 1 amide bonds. The van der Waals surface area contributed by atoms with Gasteiger partial charge in [0.1, 0.15) is 6.61 Å². The highest BCUT2D eigenvalue weighted by atomic mass is 16.5. The van der Waals surface area contributed by atoms with Crippen LogP contribution in [0.25, 0.3) is 6.08 Å². The van der Waals surface area contributed by atoms with Gasteiger partial charge >= 0.3 is 6.09 Å². The van der Waals surface area contributed by atoms with Crippen molar-refractivity contribution in [1.82, 2.24) is 5.32 Å². The molecule has 2 rings (SSSR count). The van der Waals surface area contributed by atoms with Crippen LogP contribution in [0, 0.1) is 0 Å². The van der Waals surface area contributed by atoms with Gasteiger partial charge in [-0.3, -0.25) is 0 Å². The van der Waals surface area contributed by atoms with Gasteiger partial charge in [0.2, 0.25) is 0 Å². The number of carbonyl (C=O) groups is 1. The summed E-state index contributed by atoms with van der Waals surface area (Å²) in [6.45, 7) is 3.01. The van der Waals surface area contributed by atoms with Crippen LogP contribution in [0.3, 0.4) is 0 Å². The van der Waals surface area contributed by atoms with Gasteiger partial charge in [0.15, 0.2) is 0 Å². The predicted molar refractivity (Wildman–Crippen MR) is 94.1 cm³/mol. The maximum atomic E-state index is 11.6. The monoisotopic (exact) mass is 309 g/mol. The second kappa shape index (κ2) is 9.46. The van der Waals surface area contributed by atoms with Crippen molar-refractivity contribution in [2.24, 2.45) is 0 Å². The van der Waals surface area contributed by atoms with E-state index in [-0.39, 0.29) is 6.09 Å². The quantitative estimate of drug-likeness (QED) is 0.760. The number of aryl methyl sites for hydroxylation is 1. The number of alkyl carbamates (subject to hydrolysis) is 1. The molecular weight excluding hydrogens is 286 g/mol. The van der Waals surface area contributed by atoms with Crippen molar-refractivity contribution in [3.8, 4) is 0 Å². The van der Waals surface area contributed by atoms with E-state index < -0.39 is 0 Å². The summed E-state index contributed by atoms with van der Waals surface area (Å²) in [6, 6.07) is 18.1. The lowest BCUT2D eigenvalue weighted by atomic mass is 10.1. The molecule has 23 heavy (non-hydrogen) atoms. The smallest absolute Gasteiger partial charge is 0.407 e.